The fraction of sp³-hybridized carbons (Fsp3) is 0.600. The third kappa shape index (κ3) is 2.80. The molecule has 1 aromatic heterocycles. The van der Waals surface area contributed by atoms with E-state index >= 15 is 0 Å². The molecular formula is C10H19N5O. The van der Waals surface area contributed by atoms with E-state index in [9.17, 15) is 0 Å². The number of hydrazine groups is 1. The summed E-state index contributed by atoms with van der Waals surface area (Å²) in [6.07, 6.45) is 1.45. The van der Waals surface area contributed by atoms with Crippen LogP contribution in [0.25, 0.3) is 0 Å². The van der Waals surface area contributed by atoms with Crippen molar-refractivity contribution >= 4 is 11.6 Å². The van der Waals surface area contributed by atoms with E-state index in [4.69, 9.17) is 10.9 Å². The average Bonchev–Trinajstić information content (AvgIpc) is 2.30. The molecule has 6 heteroatoms. The predicted octanol–water partition coefficient (Wildman–Crippen LogP) is 0.499. The predicted molar refractivity (Wildman–Crippen MR) is 63.9 cm³/mol. The molecule has 0 bridgehead atoms. The fourth-order valence-electron chi connectivity index (χ4n) is 1.26. The van der Waals surface area contributed by atoms with Crippen LogP contribution in [0.2, 0.25) is 0 Å². The first-order chi connectivity index (χ1) is 7.60. The lowest BCUT2D eigenvalue weighted by molar-refractivity contribution is 0.226. The van der Waals surface area contributed by atoms with Crippen LogP contribution in [-0.4, -0.2) is 27.7 Å². The molecule has 0 amide bonds. The molecule has 0 aliphatic rings. The van der Waals surface area contributed by atoms with Gasteiger partial charge in [0.1, 0.15) is 18.0 Å². The van der Waals surface area contributed by atoms with E-state index in [-0.39, 0.29) is 18.6 Å². The second-order valence-corrected chi connectivity index (χ2v) is 3.93. The SMILES string of the molecule is Cc1c(NN)ncnc1NC(C)C(C)CO. The molecule has 0 fully saturated rings. The molecule has 2 unspecified atom stereocenters. The Morgan fingerprint density at radius 1 is 1.38 bits per heavy atom. The van der Waals surface area contributed by atoms with Gasteiger partial charge in [-0.1, -0.05) is 6.92 Å². The number of nitrogens with two attached hydrogens (primary N) is 1. The zero-order chi connectivity index (χ0) is 12.1. The monoisotopic (exact) mass is 225 g/mol. The molecule has 0 aromatic carbocycles. The lowest BCUT2D eigenvalue weighted by Crippen LogP contribution is -2.27. The van der Waals surface area contributed by atoms with Crippen LogP contribution in [0.1, 0.15) is 19.4 Å². The van der Waals surface area contributed by atoms with Crippen molar-refractivity contribution in [1.82, 2.24) is 9.97 Å². The van der Waals surface area contributed by atoms with Gasteiger partial charge in [0.05, 0.1) is 0 Å². The number of aromatic nitrogens is 2. The molecule has 1 heterocycles. The zero-order valence-electron chi connectivity index (χ0n) is 9.86. The van der Waals surface area contributed by atoms with Crippen molar-refractivity contribution in [2.45, 2.75) is 26.8 Å². The summed E-state index contributed by atoms with van der Waals surface area (Å²) in [7, 11) is 0. The minimum atomic E-state index is 0.129. The maximum absolute atomic E-state index is 9.05. The third-order valence-corrected chi connectivity index (χ3v) is 2.73. The van der Waals surface area contributed by atoms with Gasteiger partial charge in [0.25, 0.3) is 0 Å². The number of nitrogens with zero attached hydrogens (tertiary/aromatic N) is 2. The highest BCUT2D eigenvalue weighted by molar-refractivity contribution is 5.56. The first-order valence-corrected chi connectivity index (χ1v) is 5.25. The van der Waals surface area contributed by atoms with E-state index in [1.807, 2.05) is 20.8 Å². The van der Waals surface area contributed by atoms with Gasteiger partial charge in [0.2, 0.25) is 0 Å². The van der Waals surface area contributed by atoms with Crippen LogP contribution < -0.4 is 16.6 Å². The molecule has 16 heavy (non-hydrogen) atoms. The normalized spacial score (nSPS) is 14.3. The highest BCUT2D eigenvalue weighted by Crippen LogP contribution is 2.19. The Kier molecular flexibility index (Phi) is 4.45. The van der Waals surface area contributed by atoms with Crippen LogP contribution in [0.15, 0.2) is 6.33 Å². The van der Waals surface area contributed by atoms with Crippen molar-refractivity contribution in [3.8, 4) is 0 Å². The Balaban J connectivity index is 2.81. The smallest absolute Gasteiger partial charge is 0.148 e. The molecule has 90 valence electrons. The number of nitrogens with one attached hydrogen (secondary N) is 2. The van der Waals surface area contributed by atoms with Gasteiger partial charge in [-0.3, -0.25) is 0 Å². The Morgan fingerprint density at radius 3 is 2.56 bits per heavy atom. The molecule has 6 nitrogen and oxygen atoms in total. The molecule has 0 saturated carbocycles. The van der Waals surface area contributed by atoms with Crippen LogP contribution in [-0.2, 0) is 0 Å². The van der Waals surface area contributed by atoms with Crippen molar-refractivity contribution in [1.29, 1.82) is 0 Å². The number of hydrogen-bond acceptors (Lipinski definition) is 6. The maximum atomic E-state index is 9.05. The summed E-state index contributed by atoms with van der Waals surface area (Å²) < 4.78 is 0. The average molecular weight is 225 g/mol. The molecule has 0 radical (unpaired) electrons. The minimum Gasteiger partial charge on any atom is -0.396 e. The molecular weight excluding hydrogens is 206 g/mol. The van der Waals surface area contributed by atoms with Gasteiger partial charge in [0.15, 0.2) is 0 Å². The Morgan fingerprint density at radius 2 is 2.00 bits per heavy atom. The molecule has 5 N–H and O–H groups in total. The van der Waals surface area contributed by atoms with Crippen molar-refractivity contribution in [2.24, 2.45) is 11.8 Å². The lowest BCUT2D eigenvalue weighted by atomic mass is 10.1. The quantitative estimate of drug-likeness (QED) is 0.430. The van der Waals surface area contributed by atoms with Crippen LogP contribution >= 0.6 is 0 Å². The highest BCUT2D eigenvalue weighted by atomic mass is 16.3. The largest absolute Gasteiger partial charge is 0.396 e. The maximum Gasteiger partial charge on any atom is 0.148 e. The molecule has 0 spiro atoms. The number of hydrogen-bond donors (Lipinski definition) is 4. The molecule has 2 atom stereocenters. The van der Waals surface area contributed by atoms with E-state index in [0.717, 1.165) is 11.4 Å². The number of anilines is 2. The molecule has 1 rings (SSSR count). The van der Waals surface area contributed by atoms with Gasteiger partial charge in [-0.2, -0.15) is 0 Å². The van der Waals surface area contributed by atoms with Gasteiger partial charge in [-0.05, 0) is 19.8 Å². The Hall–Kier alpha value is -1.40. The summed E-state index contributed by atoms with van der Waals surface area (Å²) in [5, 5.41) is 12.3. The summed E-state index contributed by atoms with van der Waals surface area (Å²) in [6.45, 7) is 5.99. The second-order valence-electron chi connectivity index (χ2n) is 3.93. The van der Waals surface area contributed by atoms with E-state index in [0.29, 0.717) is 5.82 Å². The summed E-state index contributed by atoms with van der Waals surface area (Å²) in [5.41, 5.74) is 3.37. The zero-order valence-corrected chi connectivity index (χ0v) is 9.86. The summed E-state index contributed by atoms with van der Waals surface area (Å²) in [6, 6.07) is 0.129. The third-order valence-electron chi connectivity index (χ3n) is 2.73. The first-order valence-electron chi connectivity index (χ1n) is 5.25. The molecule has 0 saturated heterocycles. The van der Waals surface area contributed by atoms with Crippen LogP contribution in [0.3, 0.4) is 0 Å². The Labute approximate surface area is 95.3 Å². The van der Waals surface area contributed by atoms with E-state index in [1.165, 1.54) is 6.33 Å². The fourth-order valence-corrected chi connectivity index (χ4v) is 1.26. The number of aliphatic hydroxyl groups is 1. The van der Waals surface area contributed by atoms with Crippen LogP contribution in [0.4, 0.5) is 11.6 Å². The Bertz CT molecular complexity index is 344. The van der Waals surface area contributed by atoms with Crippen LogP contribution in [0.5, 0.6) is 0 Å². The summed E-state index contributed by atoms with van der Waals surface area (Å²) >= 11 is 0. The van der Waals surface area contributed by atoms with Gasteiger partial charge in [0, 0.05) is 18.2 Å². The van der Waals surface area contributed by atoms with Gasteiger partial charge >= 0.3 is 0 Å². The molecule has 0 aliphatic carbocycles. The number of aliphatic hydroxyl groups excluding tert-OH is 1. The van der Waals surface area contributed by atoms with Crippen molar-refractivity contribution in [2.75, 3.05) is 17.3 Å². The van der Waals surface area contributed by atoms with E-state index < -0.39 is 0 Å². The van der Waals surface area contributed by atoms with E-state index in [1.54, 1.807) is 0 Å². The summed E-state index contributed by atoms with van der Waals surface area (Å²) in [5.74, 6) is 6.82. The van der Waals surface area contributed by atoms with Crippen LogP contribution in [0, 0.1) is 12.8 Å². The van der Waals surface area contributed by atoms with Gasteiger partial charge in [-0.15, -0.1) is 0 Å². The van der Waals surface area contributed by atoms with Crippen molar-refractivity contribution in [3.63, 3.8) is 0 Å². The van der Waals surface area contributed by atoms with Crippen molar-refractivity contribution < 1.29 is 5.11 Å². The molecule has 1 aromatic rings. The standard InChI is InChI=1S/C10H19N5O/c1-6(4-16)8(3)14-9-7(2)10(15-11)13-5-12-9/h5-6,8,16H,4,11H2,1-3H3,(H2,12,13,14,15). The minimum absolute atomic E-state index is 0.129. The van der Waals surface area contributed by atoms with Crippen molar-refractivity contribution in [3.05, 3.63) is 11.9 Å². The number of rotatable bonds is 5. The van der Waals surface area contributed by atoms with Gasteiger partial charge in [-0.25, -0.2) is 15.8 Å². The first kappa shape index (κ1) is 12.7. The number of nitrogen functional groups attached to an aromatic ring is 1. The molecule has 0 aliphatic heterocycles. The summed E-state index contributed by atoms with van der Waals surface area (Å²) in [4.78, 5) is 8.14. The highest BCUT2D eigenvalue weighted by Gasteiger charge is 2.13. The van der Waals surface area contributed by atoms with Gasteiger partial charge < -0.3 is 15.8 Å². The second kappa shape index (κ2) is 5.62. The van der Waals surface area contributed by atoms with E-state index in [2.05, 4.69) is 20.7 Å². The lowest BCUT2D eigenvalue weighted by Gasteiger charge is -2.21. The topological polar surface area (TPSA) is 96.1 Å².